The van der Waals surface area contributed by atoms with E-state index >= 15 is 0 Å². The molecular weight excluding hydrogens is 466 g/mol. The van der Waals surface area contributed by atoms with Gasteiger partial charge in [0.05, 0.1) is 37.0 Å². The highest BCUT2D eigenvalue weighted by Crippen LogP contribution is 2.66. The minimum Gasteiger partial charge on any atom is -0.497 e. The van der Waals surface area contributed by atoms with Gasteiger partial charge in [0.2, 0.25) is 0 Å². The summed E-state index contributed by atoms with van der Waals surface area (Å²) in [6, 6.07) is 12.3. The van der Waals surface area contributed by atoms with Gasteiger partial charge in [-0.1, -0.05) is 25.3 Å². The molecule has 1 aromatic heterocycles. The number of methoxy groups -OCH3 is 1. The van der Waals surface area contributed by atoms with Crippen LogP contribution in [0.15, 0.2) is 36.4 Å². The molecule has 2 fully saturated rings. The second kappa shape index (κ2) is 9.23. The molecule has 6 nitrogen and oxygen atoms in total. The van der Waals surface area contributed by atoms with E-state index in [2.05, 4.69) is 22.8 Å². The molecule has 3 aromatic rings. The maximum atomic E-state index is 13.5. The molecule has 3 aliphatic rings. The van der Waals surface area contributed by atoms with E-state index in [4.69, 9.17) is 14.2 Å². The van der Waals surface area contributed by atoms with E-state index in [-0.39, 0.29) is 17.9 Å². The molecule has 2 aromatic carbocycles. The molecule has 2 atom stereocenters. The molecule has 1 aliphatic heterocycles. The molecule has 0 bridgehead atoms. The number of nitrogens with zero attached hydrogens (tertiary/aromatic N) is 1. The Morgan fingerprint density at radius 3 is 2.51 bits per heavy atom. The zero-order valence-corrected chi connectivity index (χ0v) is 22.0. The molecule has 6 heteroatoms. The number of carbonyl (C=O) groups excluding carboxylic acids is 2. The first-order valence-electron chi connectivity index (χ1n) is 13.7. The third kappa shape index (κ3) is 3.75. The predicted molar refractivity (Wildman–Crippen MR) is 142 cm³/mol. The second-order valence-corrected chi connectivity index (χ2v) is 10.7. The van der Waals surface area contributed by atoms with Gasteiger partial charge in [-0.15, -0.1) is 0 Å². The van der Waals surface area contributed by atoms with E-state index in [1.807, 2.05) is 32.0 Å². The smallest absolute Gasteiger partial charge is 0.338 e. The number of esters is 2. The fraction of sp³-hybridized carbons (Fsp3) is 0.484. The Balaban J connectivity index is 1.64. The summed E-state index contributed by atoms with van der Waals surface area (Å²) in [6.45, 7) is 4.92. The summed E-state index contributed by atoms with van der Waals surface area (Å²) in [6.07, 6.45) is 6.79. The largest absolute Gasteiger partial charge is 0.497 e. The molecule has 0 spiro atoms. The molecule has 0 saturated heterocycles. The van der Waals surface area contributed by atoms with Crippen LogP contribution in [0.1, 0.15) is 85.7 Å². The molecule has 0 radical (unpaired) electrons. The van der Waals surface area contributed by atoms with E-state index < -0.39 is 5.41 Å². The minimum atomic E-state index is -0.613. The molecule has 2 heterocycles. The van der Waals surface area contributed by atoms with E-state index in [1.54, 1.807) is 7.11 Å². The Hall–Kier alpha value is -3.28. The highest BCUT2D eigenvalue weighted by molar-refractivity contribution is 6.00. The van der Waals surface area contributed by atoms with Gasteiger partial charge in [-0.05, 0) is 80.5 Å². The standard InChI is InChI=1S/C31H35NO5/c1-4-36-29(33)20-11-13-23-26(15-20)32-18-31(30(34)37-5-2)17-25(31)24-16-21(35-3)12-14-22(24)28(32)27(23)19-9-7-6-8-10-19/h11-16,19,25H,4-10,17-18H2,1-3H3/t25-,31-/m1/s1. The van der Waals surface area contributed by atoms with E-state index in [0.29, 0.717) is 31.2 Å². The molecule has 0 amide bonds. The van der Waals surface area contributed by atoms with Crippen molar-refractivity contribution < 1.29 is 23.8 Å². The summed E-state index contributed by atoms with van der Waals surface area (Å²) >= 11 is 0. The van der Waals surface area contributed by atoms with E-state index in [1.165, 1.54) is 41.5 Å². The number of ether oxygens (including phenoxy) is 3. The normalized spacial score (nSPS) is 22.4. The van der Waals surface area contributed by atoms with Gasteiger partial charge in [0.25, 0.3) is 0 Å². The SMILES string of the molecule is CCOC(=O)c1ccc2c(C3CCCCC3)c3n(c2c1)C[C@]1(C(=O)OCC)C[C@@H]1c1cc(OC)ccc1-3. The summed E-state index contributed by atoms with van der Waals surface area (Å²) in [7, 11) is 1.69. The molecule has 2 saturated carbocycles. The number of rotatable bonds is 6. The summed E-state index contributed by atoms with van der Waals surface area (Å²) < 4.78 is 18.9. The molecule has 0 N–H and O–H groups in total. The highest BCUT2D eigenvalue weighted by atomic mass is 16.5. The first-order valence-corrected chi connectivity index (χ1v) is 13.7. The maximum Gasteiger partial charge on any atom is 0.338 e. The monoisotopic (exact) mass is 501 g/mol. The van der Waals surface area contributed by atoms with Crippen LogP contribution in [0.5, 0.6) is 5.75 Å². The van der Waals surface area contributed by atoms with Crippen molar-refractivity contribution in [3.63, 3.8) is 0 Å². The Kier molecular flexibility index (Phi) is 6.01. The number of carbonyl (C=O) groups is 2. The Labute approximate surface area is 217 Å². The fourth-order valence-corrected chi connectivity index (χ4v) is 6.88. The van der Waals surface area contributed by atoms with Gasteiger partial charge in [-0.2, -0.15) is 0 Å². The summed E-state index contributed by atoms with van der Waals surface area (Å²) in [4.78, 5) is 26.2. The van der Waals surface area contributed by atoms with Crippen molar-refractivity contribution in [2.24, 2.45) is 5.41 Å². The van der Waals surface area contributed by atoms with Gasteiger partial charge in [-0.25, -0.2) is 4.79 Å². The van der Waals surface area contributed by atoms with Gasteiger partial charge < -0.3 is 18.8 Å². The van der Waals surface area contributed by atoms with Crippen LogP contribution in [0.25, 0.3) is 22.2 Å². The van der Waals surface area contributed by atoms with Crippen LogP contribution in [0.4, 0.5) is 0 Å². The fourth-order valence-electron chi connectivity index (χ4n) is 6.88. The van der Waals surface area contributed by atoms with E-state index in [9.17, 15) is 9.59 Å². The molecule has 37 heavy (non-hydrogen) atoms. The lowest BCUT2D eigenvalue weighted by Gasteiger charge is -2.24. The van der Waals surface area contributed by atoms with Crippen LogP contribution in [0, 0.1) is 5.41 Å². The van der Waals surface area contributed by atoms with Gasteiger partial charge in [0.1, 0.15) is 5.75 Å². The topological polar surface area (TPSA) is 66.8 Å². The Bertz CT molecular complexity index is 1380. The lowest BCUT2D eigenvalue weighted by molar-refractivity contribution is -0.150. The van der Waals surface area contributed by atoms with Gasteiger partial charge >= 0.3 is 11.9 Å². The molecular formula is C31H35NO5. The van der Waals surface area contributed by atoms with Crippen LogP contribution < -0.4 is 4.74 Å². The lowest BCUT2D eigenvalue weighted by atomic mass is 9.81. The van der Waals surface area contributed by atoms with Gasteiger partial charge in [0, 0.05) is 28.9 Å². The van der Waals surface area contributed by atoms with Crippen molar-refractivity contribution in [3.8, 4) is 17.0 Å². The van der Waals surface area contributed by atoms with Crippen LogP contribution in [-0.2, 0) is 20.8 Å². The van der Waals surface area contributed by atoms with Crippen LogP contribution in [0.3, 0.4) is 0 Å². The minimum absolute atomic E-state index is 0.0824. The maximum absolute atomic E-state index is 13.5. The van der Waals surface area contributed by atoms with Crippen molar-refractivity contribution in [2.75, 3.05) is 20.3 Å². The Morgan fingerprint density at radius 1 is 1.00 bits per heavy atom. The quantitative estimate of drug-likeness (QED) is 0.356. The molecule has 6 rings (SSSR count). The molecule has 2 aliphatic carbocycles. The van der Waals surface area contributed by atoms with Gasteiger partial charge in [0.15, 0.2) is 0 Å². The first-order chi connectivity index (χ1) is 18.0. The number of aromatic nitrogens is 1. The van der Waals surface area contributed by atoms with Crippen molar-refractivity contribution in [3.05, 3.63) is 53.1 Å². The van der Waals surface area contributed by atoms with Gasteiger partial charge in [-0.3, -0.25) is 4.79 Å². The lowest BCUT2D eigenvalue weighted by Crippen LogP contribution is -2.25. The van der Waals surface area contributed by atoms with Crippen molar-refractivity contribution in [1.82, 2.24) is 4.57 Å². The van der Waals surface area contributed by atoms with Crippen LogP contribution in [-0.4, -0.2) is 36.8 Å². The zero-order chi connectivity index (χ0) is 25.7. The summed E-state index contributed by atoms with van der Waals surface area (Å²) in [5, 5.41) is 1.18. The predicted octanol–water partition coefficient (Wildman–Crippen LogP) is 6.59. The van der Waals surface area contributed by atoms with E-state index in [0.717, 1.165) is 36.1 Å². The third-order valence-corrected chi connectivity index (χ3v) is 8.72. The average molecular weight is 502 g/mol. The highest BCUT2D eigenvalue weighted by Gasteiger charge is 2.64. The summed E-state index contributed by atoms with van der Waals surface area (Å²) in [5.41, 5.74) is 5.81. The van der Waals surface area contributed by atoms with Crippen molar-refractivity contribution in [2.45, 2.75) is 70.8 Å². The number of hydrogen-bond acceptors (Lipinski definition) is 5. The van der Waals surface area contributed by atoms with Crippen molar-refractivity contribution in [1.29, 1.82) is 0 Å². The number of hydrogen-bond donors (Lipinski definition) is 0. The van der Waals surface area contributed by atoms with Crippen LogP contribution >= 0.6 is 0 Å². The summed E-state index contributed by atoms with van der Waals surface area (Å²) in [5.74, 6) is 0.881. The average Bonchev–Trinajstić information content (AvgIpc) is 3.59. The number of benzene rings is 2. The Morgan fingerprint density at radius 2 is 1.78 bits per heavy atom. The zero-order valence-electron chi connectivity index (χ0n) is 22.0. The first kappa shape index (κ1) is 24.1. The van der Waals surface area contributed by atoms with Crippen LogP contribution in [0.2, 0.25) is 0 Å². The van der Waals surface area contributed by atoms with Crippen molar-refractivity contribution >= 4 is 22.8 Å². The molecule has 194 valence electrons. The number of fused-ring (bicyclic) bond motifs is 7. The third-order valence-electron chi connectivity index (χ3n) is 8.72. The second-order valence-electron chi connectivity index (χ2n) is 10.7. The molecule has 0 unspecified atom stereocenters.